The summed E-state index contributed by atoms with van der Waals surface area (Å²) in [6.45, 7) is 6.65. The Morgan fingerprint density at radius 1 is 1.28 bits per heavy atom. The zero-order chi connectivity index (χ0) is 14.2. The highest BCUT2D eigenvalue weighted by Crippen LogP contribution is 2.07. The number of hydrogen-bond donors (Lipinski definition) is 5. The Morgan fingerprint density at radius 2 is 1.89 bits per heavy atom. The van der Waals surface area contributed by atoms with E-state index in [4.69, 9.17) is 9.84 Å². The van der Waals surface area contributed by atoms with Crippen molar-refractivity contribution in [1.29, 1.82) is 0 Å². The van der Waals surface area contributed by atoms with Crippen molar-refractivity contribution in [2.45, 2.75) is 38.8 Å². The maximum absolute atomic E-state index is 9.42. The lowest BCUT2D eigenvalue weighted by atomic mass is 10.1. The van der Waals surface area contributed by atoms with Crippen molar-refractivity contribution in [2.24, 2.45) is 0 Å². The van der Waals surface area contributed by atoms with Gasteiger partial charge in [0.25, 0.3) is 0 Å². The van der Waals surface area contributed by atoms with Crippen LogP contribution in [0.4, 0.5) is 0 Å². The third-order valence-corrected chi connectivity index (χ3v) is 2.15. The van der Waals surface area contributed by atoms with Crippen LogP contribution >= 0.6 is 0 Å². The van der Waals surface area contributed by atoms with Crippen molar-refractivity contribution in [3.63, 3.8) is 0 Å². The zero-order valence-electron chi connectivity index (χ0n) is 11.3. The lowest BCUT2D eigenvalue weighted by Gasteiger charge is -2.20. The van der Waals surface area contributed by atoms with E-state index in [9.17, 15) is 15.3 Å². The van der Waals surface area contributed by atoms with E-state index in [1.165, 1.54) is 0 Å². The van der Waals surface area contributed by atoms with Gasteiger partial charge in [-0.1, -0.05) is 0 Å². The van der Waals surface area contributed by atoms with Gasteiger partial charge >= 0.3 is 0 Å². The highest BCUT2D eigenvalue weighted by molar-refractivity contribution is 5.04. The number of ether oxygens (including phenoxy) is 1. The molecule has 0 amide bonds. The van der Waals surface area contributed by atoms with Gasteiger partial charge < -0.3 is 30.5 Å². The second-order valence-corrected chi connectivity index (χ2v) is 5.09. The minimum Gasteiger partial charge on any atom is -0.506 e. The minimum absolute atomic E-state index is 0.000697. The molecule has 0 aromatic heterocycles. The summed E-state index contributed by atoms with van der Waals surface area (Å²) in [6.07, 6.45) is -1.28. The maximum atomic E-state index is 9.42. The summed E-state index contributed by atoms with van der Waals surface area (Å²) in [7, 11) is 0. The van der Waals surface area contributed by atoms with Crippen LogP contribution in [-0.4, -0.2) is 58.4 Å². The molecule has 1 atom stereocenters. The first-order chi connectivity index (χ1) is 8.28. The predicted molar refractivity (Wildman–Crippen MR) is 68.6 cm³/mol. The van der Waals surface area contributed by atoms with Crippen LogP contribution in [0.25, 0.3) is 0 Å². The Morgan fingerprint density at radius 3 is 2.39 bits per heavy atom. The monoisotopic (exact) mass is 263 g/mol. The fourth-order valence-electron chi connectivity index (χ4n) is 1.19. The van der Waals surface area contributed by atoms with Crippen LogP contribution in [0.2, 0.25) is 0 Å². The third-order valence-electron chi connectivity index (χ3n) is 2.15. The van der Waals surface area contributed by atoms with E-state index in [0.29, 0.717) is 13.2 Å². The van der Waals surface area contributed by atoms with Crippen LogP contribution in [0.3, 0.4) is 0 Å². The summed E-state index contributed by atoms with van der Waals surface area (Å²) in [6, 6.07) is 0. The maximum Gasteiger partial charge on any atom is 0.161 e. The average molecular weight is 263 g/mol. The van der Waals surface area contributed by atoms with Gasteiger partial charge in [-0.3, -0.25) is 0 Å². The number of rotatable bonds is 8. The van der Waals surface area contributed by atoms with Gasteiger partial charge in [-0.15, -0.1) is 0 Å². The molecule has 0 bridgehead atoms. The molecule has 0 spiro atoms. The summed E-state index contributed by atoms with van der Waals surface area (Å²) in [5.74, 6) is -0.959. The van der Waals surface area contributed by atoms with Crippen molar-refractivity contribution < 1.29 is 25.2 Å². The van der Waals surface area contributed by atoms with Crippen molar-refractivity contribution >= 4 is 0 Å². The molecule has 0 aliphatic rings. The largest absolute Gasteiger partial charge is 0.506 e. The molecule has 108 valence electrons. The second-order valence-electron chi connectivity index (χ2n) is 5.09. The Kier molecular flexibility index (Phi) is 7.93. The van der Waals surface area contributed by atoms with Crippen LogP contribution in [0, 0.1) is 0 Å². The van der Waals surface area contributed by atoms with Crippen LogP contribution in [0.15, 0.2) is 11.5 Å². The molecule has 0 fully saturated rings. The predicted octanol–water partition coefficient (Wildman–Crippen LogP) is 0.462. The summed E-state index contributed by atoms with van der Waals surface area (Å²) < 4.78 is 5.14. The molecule has 0 saturated carbocycles. The van der Waals surface area contributed by atoms with Gasteiger partial charge in [0.2, 0.25) is 0 Å². The Hall–Kier alpha value is -0.820. The van der Waals surface area contributed by atoms with E-state index >= 15 is 0 Å². The number of nitrogens with one attached hydrogen (secondary N) is 1. The smallest absolute Gasteiger partial charge is 0.161 e. The SMILES string of the molecule is CC(C)(C)NCCOC/C(O)=C(\O)[C@H](O)CCO. The molecule has 0 unspecified atom stereocenters. The average Bonchev–Trinajstić information content (AvgIpc) is 2.26. The molecule has 0 radical (unpaired) electrons. The molecule has 0 aromatic carbocycles. The quantitative estimate of drug-likeness (QED) is 0.322. The molecule has 0 heterocycles. The van der Waals surface area contributed by atoms with E-state index in [0.717, 1.165) is 0 Å². The zero-order valence-corrected chi connectivity index (χ0v) is 11.3. The summed E-state index contributed by atoms with van der Waals surface area (Å²) in [4.78, 5) is 0. The molecule has 0 aliphatic heterocycles. The Balaban J connectivity index is 3.88. The van der Waals surface area contributed by atoms with E-state index in [1.807, 2.05) is 20.8 Å². The summed E-state index contributed by atoms with van der Waals surface area (Å²) in [5.41, 5.74) is 0.000697. The molecule has 6 nitrogen and oxygen atoms in total. The van der Waals surface area contributed by atoms with Gasteiger partial charge in [0, 0.05) is 25.1 Å². The number of aliphatic hydroxyl groups is 4. The molecule has 0 rings (SSSR count). The van der Waals surface area contributed by atoms with Gasteiger partial charge in [0.15, 0.2) is 11.5 Å². The highest BCUT2D eigenvalue weighted by Gasteiger charge is 2.14. The van der Waals surface area contributed by atoms with E-state index in [1.54, 1.807) is 0 Å². The van der Waals surface area contributed by atoms with Crippen molar-refractivity contribution in [3.8, 4) is 0 Å². The molecule has 5 N–H and O–H groups in total. The fourth-order valence-corrected chi connectivity index (χ4v) is 1.19. The molecular weight excluding hydrogens is 238 g/mol. The van der Waals surface area contributed by atoms with Crippen molar-refractivity contribution in [1.82, 2.24) is 5.32 Å². The van der Waals surface area contributed by atoms with E-state index < -0.39 is 17.6 Å². The van der Waals surface area contributed by atoms with Gasteiger partial charge in [0.05, 0.1) is 6.61 Å². The summed E-state index contributed by atoms with van der Waals surface area (Å²) >= 11 is 0. The lowest BCUT2D eigenvalue weighted by Crippen LogP contribution is -2.38. The van der Waals surface area contributed by atoms with Gasteiger partial charge in [-0.2, -0.15) is 0 Å². The fraction of sp³-hybridized carbons (Fsp3) is 0.833. The minimum atomic E-state index is -1.26. The van der Waals surface area contributed by atoms with Crippen LogP contribution in [-0.2, 0) is 4.74 Å². The first-order valence-corrected chi connectivity index (χ1v) is 6.00. The number of aliphatic hydroxyl groups excluding tert-OH is 4. The molecule has 18 heavy (non-hydrogen) atoms. The molecule has 6 heteroatoms. The molecule has 0 aliphatic carbocycles. The molecule has 0 aromatic rings. The molecular formula is C12H25NO5. The van der Waals surface area contributed by atoms with Crippen LogP contribution in [0.1, 0.15) is 27.2 Å². The Labute approximate surface area is 108 Å². The lowest BCUT2D eigenvalue weighted by molar-refractivity contribution is 0.0866. The van der Waals surface area contributed by atoms with Gasteiger partial charge in [-0.05, 0) is 20.8 Å². The Bertz CT molecular complexity index is 260. The van der Waals surface area contributed by atoms with Crippen LogP contribution in [0.5, 0.6) is 0 Å². The summed E-state index contributed by atoms with van der Waals surface area (Å²) in [5, 5.41) is 39.9. The number of hydrogen-bond acceptors (Lipinski definition) is 6. The van der Waals surface area contributed by atoms with Crippen molar-refractivity contribution in [2.75, 3.05) is 26.4 Å². The normalized spacial score (nSPS) is 15.4. The first-order valence-electron chi connectivity index (χ1n) is 6.00. The van der Waals surface area contributed by atoms with E-state index in [2.05, 4.69) is 5.32 Å². The molecule has 0 saturated heterocycles. The van der Waals surface area contributed by atoms with Crippen molar-refractivity contribution in [3.05, 3.63) is 11.5 Å². The third kappa shape index (κ3) is 8.30. The van der Waals surface area contributed by atoms with Crippen LogP contribution < -0.4 is 5.32 Å². The second kappa shape index (κ2) is 8.31. The topological polar surface area (TPSA) is 102 Å². The van der Waals surface area contributed by atoms with Gasteiger partial charge in [-0.25, -0.2) is 0 Å². The first kappa shape index (κ1) is 17.2. The highest BCUT2D eigenvalue weighted by atomic mass is 16.5. The van der Waals surface area contributed by atoms with E-state index in [-0.39, 0.29) is 25.2 Å². The van der Waals surface area contributed by atoms with Gasteiger partial charge in [0.1, 0.15) is 12.7 Å². The standard InChI is InChI=1S/C12H25NO5/c1-12(2,3)13-5-7-18-8-10(16)11(17)9(15)4-6-14/h9,13-17H,4-8H2,1-3H3/b11-10+/t9-/m1/s1.